The summed E-state index contributed by atoms with van der Waals surface area (Å²) in [6.45, 7) is 9.45. The number of aryl methyl sites for hydroxylation is 1. The third-order valence-corrected chi connectivity index (χ3v) is 4.28. The van der Waals surface area contributed by atoms with Gasteiger partial charge in [-0.3, -0.25) is 4.68 Å². The summed E-state index contributed by atoms with van der Waals surface area (Å²) in [5.41, 5.74) is 3.71. The van der Waals surface area contributed by atoms with E-state index < -0.39 is 0 Å². The second-order valence-electron chi connectivity index (χ2n) is 5.14. The number of hydrogen-bond acceptors (Lipinski definition) is 4. The minimum Gasteiger partial charge on any atom is -0.493 e. The number of nitrogens with one attached hydrogen (secondary N) is 1. The number of methoxy groups -OCH3 is 1. The van der Waals surface area contributed by atoms with Crippen molar-refractivity contribution < 1.29 is 4.74 Å². The summed E-state index contributed by atoms with van der Waals surface area (Å²) in [6.07, 6.45) is 1.81. The first-order valence-electron chi connectivity index (χ1n) is 6.97. The zero-order valence-electron chi connectivity index (χ0n) is 12.8. The van der Waals surface area contributed by atoms with Gasteiger partial charge >= 0.3 is 0 Å². The Labute approximate surface area is 124 Å². The molecule has 1 N–H and O–H groups in total. The van der Waals surface area contributed by atoms with Gasteiger partial charge in [0.2, 0.25) is 0 Å². The molecule has 2 aromatic rings. The highest BCUT2D eigenvalue weighted by Gasteiger charge is 2.25. The molecule has 0 fully saturated rings. The molecule has 20 heavy (non-hydrogen) atoms. The molecule has 0 radical (unpaired) electrons. The Morgan fingerprint density at radius 2 is 2.15 bits per heavy atom. The van der Waals surface area contributed by atoms with Gasteiger partial charge in [0.25, 0.3) is 0 Å². The Kier molecular flexibility index (Phi) is 4.83. The lowest BCUT2D eigenvalue weighted by atomic mass is 10.0. The molecule has 2 aromatic heterocycles. The number of thiophene rings is 1. The van der Waals surface area contributed by atoms with E-state index in [9.17, 15) is 0 Å². The summed E-state index contributed by atoms with van der Waals surface area (Å²) in [5, 5.41) is 12.4. The van der Waals surface area contributed by atoms with Gasteiger partial charge in [0.1, 0.15) is 5.69 Å². The molecule has 0 bridgehead atoms. The molecule has 0 aliphatic carbocycles. The highest BCUT2D eigenvalue weighted by molar-refractivity contribution is 7.08. The average molecular weight is 293 g/mol. The summed E-state index contributed by atoms with van der Waals surface area (Å²) in [6, 6.07) is 0.417. The molecule has 2 heterocycles. The van der Waals surface area contributed by atoms with Gasteiger partial charge in [-0.25, -0.2) is 0 Å². The largest absolute Gasteiger partial charge is 0.493 e. The number of aromatic nitrogens is 2. The van der Waals surface area contributed by atoms with Crippen LogP contribution in [0.15, 0.2) is 17.0 Å². The van der Waals surface area contributed by atoms with E-state index >= 15 is 0 Å². The third-order valence-electron chi connectivity index (χ3n) is 3.40. The van der Waals surface area contributed by atoms with Crippen LogP contribution in [0.4, 0.5) is 0 Å². The highest BCUT2D eigenvalue weighted by atomic mass is 32.1. The molecule has 0 aromatic carbocycles. The lowest BCUT2D eigenvalue weighted by Gasteiger charge is -2.22. The average Bonchev–Trinajstić information content (AvgIpc) is 3.02. The highest BCUT2D eigenvalue weighted by Crippen LogP contribution is 2.34. The molecule has 4 nitrogen and oxygen atoms in total. The van der Waals surface area contributed by atoms with Gasteiger partial charge in [0.05, 0.1) is 19.3 Å². The molecule has 0 spiro atoms. The quantitative estimate of drug-likeness (QED) is 0.885. The Balaban J connectivity index is 2.54. The lowest BCUT2D eigenvalue weighted by molar-refractivity contribution is 0.394. The van der Waals surface area contributed by atoms with E-state index in [1.54, 1.807) is 24.6 Å². The fourth-order valence-corrected chi connectivity index (χ4v) is 3.30. The Hall–Kier alpha value is -1.33. The van der Waals surface area contributed by atoms with Crippen LogP contribution in [-0.2, 0) is 0 Å². The van der Waals surface area contributed by atoms with Gasteiger partial charge in [-0.15, -0.1) is 0 Å². The van der Waals surface area contributed by atoms with Gasteiger partial charge < -0.3 is 10.1 Å². The molecular weight excluding hydrogens is 270 g/mol. The van der Waals surface area contributed by atoms with E-state index in [1.807, 2.05) is 4.68 Å². The third kappa shape index (κ3) is 2.74. The fourth-order valence-electron chi connectivity index (χ4n) is 2.42. The predicted molar refractivity (Wildman–Crippen MR) is 83.7 cm³/mol. The lowest BCUT2D eigenvalue weighted by Crippen LogP contribution is -2.26. The monoisotopic (exact) mass is 293 g/mol. The molecule has 5 heteroatoms. The van der Waals surface area contributed by atoms with Crippen molar-refractivity contribution in [2.75, 3.05) is 13.7 Å². The standard InChI is InChI=1S/C15H23N3OS/c1-6-16-14(12-9-20-8-11(12)4)15-13(19-5)7-17-18(15)10(2)3/h7-10,14,16H,6H2,1-5H3. The van der Waals surface area contributed by atoms with E-state index in [4.69, 9.17) is 4.74 Å². The molecule has 0 saturated heterocycles. The van der Waals surface area contributed by atoms with Crippen LogP contribution >= 0.6 is 11.3 Å². The van der Waals surface area contributed by atoms with Crippen molar-refractivity contribution in [1.29, 1.82) is 0 Å². The van der Waals surface area contributed by atoms with Crippen LogP contribution in [0.25, 0.3) is 0 Å². The maximum Gasteiger partial charge on any atom is 0.161 e. The van der Waals surface area contributed by atoms with E-state index in [0.717, 1.165) is 18.0 Å². The molecule has 0 amide bonds. The summed E-state index contributed by atoms with van der Waals surface area (Å²) in [4.78, 5) is 0. The topological polar surface area (TPSA) is 39.1 Å². The zero-order chi connectivity index (χ0) is 14.7. The van der Waals surface area contributed by atoms with Gasteiger partial charge in [0.15, 0.2) is 5.75 Å². The van der Waals surface area contributed by atoms with E-state index in [0.29, 0.717) is 6.04 Å². The SMILES string of the molecule is CCNC(c1cscc1C)c1c(OC)cnn1C(C)C. The van der Waals surface area contributed by atoms with Crippen molar-refractivity contribution >= 4 is 11.3 Å². The van der Waals surface area contributed by atoms with Crippen LogP contribution in [0, 0.1) is 6.92 Å². The first-order valence-corrected chi connectivity index (χ1v) is 7.91. The van der Waals surface area contributed by atoms with E-state index in [-0.39, 0.29) is 6.04 Å². The van der Waals surface area contributed by atoms with Gasteiger partial charge in [-0.05, 0) is 49.2 Å². The molecular formula is C15H23N3OS. The minimum absolute atomic E-state index is 0.117. The Morgan fingerprint density at radius 3 is 2.65 bits per heavy atom. The van der Waals surface area contributed by atoms with Crippen LogP contribution in [0.1, 0.15) is 49.7 Å². The number of ether oxygens (including phenoxy) is 1. The second-order valence-corrected chi connectivity index (χ2v) is 5.88. The molecule has 0 aliphatic rings. The summed E-state index contributed by atoms with van der Waals surface area (Å²) < 4.78 is 7.57. The van der Waals surface area contributed by atoms with Crippen molar-refractivity contribution in [3.8, 4) is 5.75 Å². The number of rotatable bonds is 6. The number of nitrogens with zero attached hydrogens (tertiary/aromatic N) is 2. The Bertz CT molecular complexity index is 559. The van der Waals surface area contributed by atoms with Crippen molar-refractivity contribution in [3.63, 3.8) is 0 Å². The van der Waals surface area contributed by atoms with Crippen LogP contribution in [0.3, 0.4) is 0 Å². The summed E-state index contributed by atoms with van der Waals surface area (Å²) in [7, 11) is 1.70. The van der Waals surface area contributed by atoms with Gasteiger partial charge in [0, 0.05) is 6.04 Å². The molecule has 0 saturated carbocycles. The molecule has 1 atom stereocenters. The summed E-state index contributed by atoms with van der Waals surface area (Å²) in [5.74, 6) is 0.843. The molecule has 1 unspecified atom stereocenters. The van der Waals surface area contributed by atoms with Crippen molar-refractivity contribution in [2.45, 2.75) is 39.8 Å². The second kappa shape index (κ2) is 6.41. The van der Waals surface area contributed by atoms with Crippen LogP contribution in [0.2, 0.25) is 0 Å². The minimum atomic E-state index is 0.117. The maximum absolute atomic E-state index is 5.52. The normalized spacial score (nSPS) is 12.9. The smallest absolute Gasteiger partial charge is 0.161 e. The predicted octanol–water partition coefficient (Wildman–Crippen LogP) is 3.54. The van der Waals surface area contributed by atoms with E-state index in [2.05, 4.69) is 48.9 Å². The maximum atomic E-state index is 5.52. The van der Waals surface area contributed by atoms with Gasteiger partial charge in [-0.1, -0.05) is 6.92 Å². The van der Waals surface area contributed by atoms with Crippen molar-refractivity contribution in [1.82, 2.24) is 15.1 Å². The Morgan fingerprint density at radius 1 is 1.40 bits per heavy atom. The molecule has 0 aliphatic heterocycles. The molecule has 2 rings (SSSR count). The van der Waals surface area contributed by atoms with E-state index in [1.165, 1.54) is 11.1 Å². The van der Waals surface area contributed by atoms with Crippen molar-refractivity contribution in [3.05, 3.63) is 33.8 Å². The van der Waals surface area contributed by atoms with Crippen LogP contribution < -0.4 is 10.1 Å². The van der Waals surface area contributed by atoms with Crippen LogP contribution in [-0.4, -0.2) is 23.4 Å². The summed E-state index contributed by atoms with van der Waals surface area (Å²) >= 11 is 1.73. The molecule has 110 valence electrons. The zero-order valence-corrected chi connectivity index (χ0v) is 13.6. The van der Waals surface area contributed by atoms with Crippen LogP contribution in [0.5, 0.6) is 5.75 Å². The first-order chi connectivity index (χ1) is 9.60. The number of hydrogen-bond donors (Lipinski definition) is 1. The fraction of sp³-hybridized carbons (Fsp3) is 0.533. The van der Waals surface area contributed by atoms with Gasteiger partial charge in [-0.2, -0.15) is 16.4 Å². The van der Waals surface area contributed by atoms with Crippen molar-refractivity contribution in [2.24, 2.45) is 0 Å². The first kappa shape index (κ1) is 15.1.